The Hall–Kier alpha value is -1.06. The molecule has 0 unspecified atom stereocenters. The third kappa shape index (κ3) is 2.17. The van der Waals surface area contributed by atoms with E-state index in [0.29, 0.717) is 6.04 Å². The summed E-state index contributed by atoms with van der Waals surface area (Å²) in [5.74, 6) is 0.520. The van der Waals surface area contributed by atoms with Crippen LogP contribution in [0.15, 0.2) is 0 Å². The molecular formula is C13H20N2O2. The molecule has 2 saturated carbocycles. The first-order valence-electron chi connectivity index (χ1n) is 6.86. The lowest BCUT2D eigenvalue weighted by molar-refractivity contribution is -0.143. The van der Waals surface area contributed by atoms with E-state index < -0.39 is 0 Å². The zero-order valence-electron chi connectivity index (χ0n) is 10.2. The Kier molecular flexibility index (Phi) is 2.81. The molecule has 1 atom stereocenters. The first kappa shape index (κ1) is 11.1. The van der Waals surface area contributed by atoms with Crippen molar-refractivity contribution in [2.45, 2.75) is 57.0 Å². The molecule has 0 aromatic rings. The molecule has 0 aromatic carbocycles. The largest absolute Gasteiger partial charge is 0.352 e. The van der Waals surface area contributed by atoms with Crippen molar-refractivity contribution in [2.24, 2.45) is 5.92 Å². The topological polar surface area (TPSA) is 49.4 Å². The van der Waals surface area contributed by atoms with Crippen molar-refractivity contribution in [1.29, 1.82) is 0 Å². The van der Waals surface area contributed by atoms with Crippen LogP contribution in [0.5, 0.6) is 0 Å². The first-order chi connectivity index (χ1) is 8.25. The lowest BCUT2D eigenvalue weighted by Gasteiger charge is -2.32. The predicted molar refractivity (Wildman–Crippen MR) is 63.2 cm³/mol. The number of hydrogen-bond acceptors (Lipinski definition) is 2. The Labute approximate surface area is 102 Å². The zero-order chi connectivity index (χ0) is 11.8. The lowest BCUT2D eigenvalue weighted by Crippen LogP contribution is -2.49. The maximum atomic E-state index is 12.2. The summed E-state index contributed by atoms with van der Waals surface area (Å²) in [5.41, 5.74) is 0. The molecule has 4 nitrogen and oxygen atoms in total. The molecule has 1 aliphatic heterocycles. The molecule has 0 radical (unpaired) electrons. The van der Waals surface area contributed by atoms with E-state index >= 15 is 0 Å². The number of hydrogen-bond donors (Lipinski definition) is 1. The fraction of sp³-hybridized carbons (Fsp3) is 0.846. The zero-order valence-corrected chi connectivity index (χ0v) is 10.2. The van der Waals surface area contributed by atoms with Crippen LogP contribution in [0.1, 0.15) is 44.9 Å². The van der Waals surface area contributed by atoms with Gasteiger partial charge in [-0.3, -0.25) is 9.59 Å². The highest BCUT2D eigenvalue weighted by Crippen LogP contribution is 2.31. The third-order valence-electron chi connectivity index (χ3n) is 4.22. The van der Waals surface area contributed by atoms with Gasteiger partial charge in [-0.15, -0.1) is 0 Å². The standard InChI is InChI=1S/C13H20N2O2/c16-12(14-10-6-7-10)11-5-2-8-15(11)13(17)9-3-1-4-9/h9-11H,1-8H2,(H,14,16)/t11-/m1/s1. The van der Waals surface area contributed by atoms with Gasteiger partial charge in [0, 0.05) is 18.5 Å². The average Bonchev–Trinajstić information content (AvgIpc) is 2.90. The molecule has 1 saturated heterocycles. The number of rotatable bonds is 3. The molecule has 3 fully saturated rings. The number of amides is 2. The normalized spacial score (nSPS) is 28.9. The number of carbonyl (C=O) groups excluding carboxylic acids is 2. The summed E-state index contributed by atoms with van der Waals surface area (Å²) in [5, 5.41) is 3.02. The molecule has 4 heteroatoms. The van der Waals surface area contributed by atoms with Crippen molar-refractivity contribution < 1.29 is 9.59 Å². The van der Waals surface area contributed by atoms with Crippen molar-refractivity contribution in [3.8, 4) is 0 Å². The van der Waals surface area contributed by atoms with Gasteiger partial charge in [-0.05, 0) is 38.5 Å². The van der Waals surface area contributed by atoms with E-state index in [0.717, 1.165) is 45.1 Å². The fourth-order valence-electron chi connectivity index (χ4n) is 2.72. The Morgan fingerprint density at radius 1 is 1.00 bits per heavy atom. The van der Waals surface area contributed by atoms with E-state index in [2.05, 4.69) is 5.32 Å². The molecule has 0 spiro atoms. The van der Waals surface area contributed by atoms with Gasteiger partial charge in [0.05, 0.1) is 0 Å². The maximum Gasteiger partial charge on any atom is 0.243 e. The van der Waals surface area contributed by atoms with Crippen LogP contribution in [0.25, 0.3) is 0 Å². The van der Waals surface area contributed by atoms with Crippen molar-refractivity contribution in [1.82, 2.24) is 10.2 Å². The summed E-state index contributed by atoms with van der Waals surface area (Å²) in [6.07, 6.45) is 7.24. The van der Waals surface area contributed by atoms with Crippen LogP contribution >= 0.6 is 0 Å². The highest BCUT2D eigenvalue weighted by Gasteiger charge is 2.39. The molecule has 3 aliphatic rings. The number of likely N-dealkylation sites (tertiary alicyclic amines) is 1. The van der Waals surface area contributed by atoms with Crippen LogP contribution in [0.2, 0.25) is 0 Å². The van der Waals surface area contributed by atoms with Gasteiger partial charge in [0.25, 0.3) is 0 Å². The van der Waals surface area contributed by atoms with Crippen molar-refractivity contribution in [3.63, 3.8) is 0 Å². The van der Waals surface area contributed by atoms with Crippen LogP contribution < -0.4 is 5.32 Å². The number of nitrogens with one attached hydrogen (secondary N) is 1. The van der Waals surface area contributed by atoms with E-state index in [1.807, 2.05) is 4.90 Å². The summed E-state index contributed by atoms with van der Waals surface area (Å²) in [7, 11) is 0. The SMILES string of the molecule is O=C(NC1CC1)[C@H]1CCCN1C(=O)C1CCC1. The highest BCUT2D eigenvalue weighted by molar-refractivity contribution is 5.89. The highest BCUT2D eigenvalue weighted by atomic mass is 16.2. The molecule has 1 N–H and O–H groups in total. The van der Waals surface area contributed by atoms with Crippen LogP contribution in [-0.4, -0.2) is 35.3 Å². The van der Waals surface area contributed by atoms with Gasteiger partial charge in [0.2, 0.25) is 11.8 Å². The molecule has 0 bridgehead atoms. The second-order valence-electron chi connectivity index (χ2n) is 5.60. The molecule has 17 heavy (non-hydrogen) atoms. The molecule has 1 heterocycles. The molecule has 2 amide bonds. The third-order valence-corrected chi connectivity index (χ3v) is 4.22. The van der Waals surface area contributed by atoms with Crippen LogP contribution in [-0.2, 0) is 9.59 Å². The van der Waals surface area contributed by atoms with Gasteiger partial charge in [-0.1, -0.05) is 6.42 Å². The van der Waals surface area contributed by atoms with Gasteiger partial charge >= 0.3 is 0 Å². The smallest absolute Gasteiger partial charge is 0.243 e. The van der Waals surface area contributed by atoms with E-state index in [9.17, 15) is 9.59 Å². The number of carbonyl (C=O) groups is 2. The van der Waals surface area contributed by atoms with Crippen LogP contribution in [0.3, 0.4) is 0 Å². The molecule has 3 rings (SSSR count). The van der Waals surface area contributed by atoms with Crippen molar-refractivity contribution in [3.05, 3.63) is 0 Å². The molecule has 0 aromatic heterocycles. The molecule has 94 valence electrons. The van der Waals surface area contributed by atoms with E-state index in [-0.39, 0.29) is 23.8 Å². The van der Waals surface area contributed by atoms with Crippen LogP contribution in [0.4, 0.5) is 0 Å². The van der Waals surface area contributed by atoms with Gasteiger partial charge in [0.15, 0.2) is 0 Å². The second-order valence-corrected chi connectivity index (χ2v) is 5.60. The second kappa shape index (κ2) is 4.31. The maximum absolute atomic E-state index is 12.2. The summed E-state index contributed by atoms with van der Waals surface area (Å²) in [4.78, 5) is 26.1. The van der Waals surface area contributed by atoms with Gasteiger partial charge < -0.3 is 10.2 Å². The van der Waals surface area contributed by atoms with Crippen molar-refractivity contribution in [2.75, 3.05) is 6.54 Å². The predicted octanol–water partition coefficient (Wildman–Crippen LogP) is 1.06. The minimum absolute atomic E-state index is 0.0812. The lowest BCUT2D eigenvalue weighted by atomic mass is 9.84. The Balaban J connectivity index is 1.61. The number of nitrogens with zero attached hydrogens (tertiary/aromatic N) is 1. The fourth-order valence-corrected chi connectivity index (χ4v) is 2.72. The average molecular weight is 236 g/mol. The molecular weight excluding hydrogens is 216 g/mol. The minimum Gasteiger partial charge on any atom is -0.352 e. The molecule has 2 aliphatic carbocycles. The Bertz CT molecular complexity index is 334. The summed E-state index contributed by atoms with van der Waals surface area (Å²) >= 11 is 0. The van der Waals surface area contributed by atoms with E-state index in [4.69, 9.17) is 0 Å². The summed E-state index contributed by atoms with van der Waals surface area (Å²) in [6.45, 7) is 0.776. The van der Waals surface area contributed by atoms with E-state index in [1.54, 1.807) is 0 Å². The Morgan fingerprint density at radius 3 is 2.35 bits per heavy atom. The van der Waals surface area contributed by atoms with E-state index in [1.165, 1.54) is 6.42 Å². The summed E-state index contributed by atoms with van der Waals surface area (Å²) < 4.78 is 0. The quantitative estimate of drug-likeness (QED) is 0.796. The Morgan fingerprint density at radius 2 is 1.76 bits per heavy atom. The monoisotopic (exact) mass is 236 g/mol. The minimum atomic E-state index is -0.177. The van der Waals surface area contributed by atoms with Gasteiger partial charge in [-0.2, -0.15) is 0 Å². The van der Waals surface area contributed by atoms with Crippen LogP contribution in [0, 0.1) is 5.92 Å². The van der Waals surface area contributed by atoms with Gasteiger partial charge in [-0.25, -0.2) is 0 Å². The summed E-state index contributed by atoms with van der Waals surface area (Å²) in [6, 6.07) is 0.215. The van der Waals surface area contributed by atoms with Gasteiger partial charge in [0.1, 0.15) is 6.04 Å². The van der Waals surface area contributed by atoms with Crippen molar-refractivity contribution >= 4 is 11.8 Å². The first-order valence-corrected chi connectivity index (χ1v) is 6.86.